The third kappa shape index (κ3) is 6.12. The van der Waals surface area contributed by atoms with E-state index in [0.717, 1.165) is 6.07 Å². The van der Waals surface area contributed by atoms with E-state index in [1.54, 1.807) is 31.2 Å². The average molecular weight is 558 g/mol. The summed E-state index contributed by atoms with van der Waals surface area (Å²) < 4.78 is 56.2. The number of aromatic nitrogens is 4. The molecule has 0 aliphatic rings. The van der Waals surface area contributed by atoms with Gasteiger partial charge >= 0.3 is 6.18 Å². The SMILES string of the molecule is C/C=C/C(N)c1oc(-c2ccc(OC)c3nc(C(F)(F)F)ccc23)nc1C(=O)NCCNc1nccc(OC)n1. The molecule has 0 radical (unpaired) electrons. The number of nitrogens with one attached hydrogen (secondary N) is 2. The molecule has 1 amide bonds. The minimum absolute atomic E-state index is 0.0165. The monoisotopic (exact) mass is 557 g/mol. The molecule has 4 aromatic rings. The van der Waals surface area contributed by atoms with Gasteiger partial charge in [-0.1, -0.05) is 12.2 Å². The van der Waals surface area contributed by atoms with E-state index in [1.165, 1.54) is 32.5 Å². The summed E-state index contributed by atoms with van der Waals surface area (Å²) in [5.74, 6) is 0.342. The Labute approximate surface area is 226 Å². The second-order valence-corrected chi connectivity index (χ2v) is 8.29. The lowest BCUT2D eigenvalue weighted by Crippen LogP contribution is -2.30. The standard InChI is InChI=1S/C26H26F3N7O4/c1-4-5-16(30)22-21(23(37)31-12-13-33-25-32-11-10-19(35-25)39-3)36-24(40-22)15-6-8-17(38-2)20-14(15)7-9-18(34-20)26(27,28)29/h4-11,16H,12-13,30H2,1-3H3,(H,31,37)(H,32,33,35)/b5-4+. The van der Waals surface area contributed by atoms with Crippen LogP contribution in [0.3, 0.4) is 0 Å². The lowest BCUT2D eigenvalue weighted by atomic mass is 10.1. The van der Waals surface area contributed by atoms with E-state index in [-0.39, 0.29) is 47.1 Å². The first-order chi connectivity index (χ1) is 19.2. The Kier molecular flexibility index (Phi) is 8.48. The van der Waals surface area contributed by atoms with Crippen molar-refractivity contribution in [3.8, 4) is 23.1 Å². The van der Waals surface area contributed by atoms with Gasteiger partial charge in [-0.3, -0.25) is 4.79 Å². The highest BCUT2D eigenvalue weighted by Gasteiger charge is 2.33. The van der Waals surface area contributed by atoms with Crippen LogP contribution in [-0.4, -0.2) is 53.2 Å². The maximum absolute atomic E-state index is 13.3. The minimum atomic E-state index is -4.65. The van der Waals surface area contributed by atoms with E-state index in [4.69, 9.17) is 19.6 Å². The minimum Gasteiger partial charge on any atom is -0.494 e. The summed E-state index contributed by atoms with van der Waals surface area (Å²) in [6, 6.07) is 5.91. The molecular formula is C26H26F3N7O4. The number of alkyl halides is 3. The summed E-state index contributed by atoms with van der Waals surface area (Å²) >= 11 is 0. The number of methoxy groups -OCH3 is 2. The molecule has 0 aliphatic carbocycles. The summed E-state index contributed by atoms with van der Waals surface area (Å²) in [6.45, 7) is 2.22. The van der Waals surface area contributed by atoms with Gasteiger partial charge in [-0.15, -0.1) is 0 Å². The number of benzene rings is 1. The summed E-state index contributed by atoms with van der Waals surface area (Å²) in [6.07, 6.45) is 0.189. The molecule has 0 aliphatic heterocycles. The number of hydrogen-bond donors (Lipinski definition) is 3. The molecule has 4 N–H and O–H groups in total. The van der Waals surface area contributed by atoms with Crippen LogP contribution in [0.5, 0.6) is 11.6 Å². The van der Waals surface area contributed by atoms with Crippen LogP contribution >= 0.6 is 0 Å². The summed E-state index contributed by atoms with van der Waals surface area (Å²) in [4.78, 5) is 29.4. The maximum atomic E-state index is 13.3. The Balaban J connectivity index is 1.63. The molecule has 14 heteroatoms. The molecule has 1 aromatic carbocycles. The highest BCUT2D eigenvalue weighted by molar-refractivity contribution is 5.98. The average Bonchev–Trinajstić information content (AvgIpc) is 3.39. The number of nitrogens with two attached hydrogens (primary N) is 1. The molecule has 1 unspecified atom stereocenters. The maximum Gasteiger partial charge on any atom is 0.433 e. The predicted molar refractivity (Wildman–Crippen MR) is 140 cm³/mol. The third-order valence-corrected chi connectivity index (χ3v) is 5.66. The first kappa shape index (κ1) is 28.3. The normalized spacial score (nSPS) is 12.5. The predicted octanol–water partition coefficient (Wildman–Crippen LogP) is 4.13. The smallest absolute Gasteiger partial charge is 0.433 e. The summed E-state index contributed by atoms with van der Waals surface area (Å²) in [7, 11) is 2.81. The topological polar surface area (TPSA) is 150 Å². The molecule has 3 aromatic heterocycles. The fourth-order valence-electron chi connectivity index (χ4n) is 3.81. The lowest BCUT2D eigenvalue weighted by Gasteiger charge is -2.11. The van der Waals surface area contributed by atoms with Gasteiger partial charge in [0.05, 0.1) is 20.3 Å². The first-order valence-corrected chi connectivity index (χ1v) is 12.0. The van der Waals surface area contributed by atoms with Crippen LogP contribution in [0.25, 0.3) is 22.4 Å². The van der Waals surface area contributed by atoms with Crippen LogP contribution in [0.4, 0.5) is 19.1 Å². The Hall–Kier alpha value is -4.72. The van der Waals surface area contributed by atoms with Crippen molar-refractivity contribution in [3.05, 3.63) is 65.8 Å². The Morgan fingerprint density at radius 2 is 1.90 bits per heavy atom. The van der Waals surface area contributed by atoms with Gasteiger partial charge in [0, 0.05) is 36.3 Å². The first-order valence-electron chi connectivity index (χ1n) is 12.0. The Morgan fingerprint density at radius 3 is 2.60 bits per heavy atom. The second-order valence-electron chi connectivity index (χ2n) is 8.29. The van der Waals surface area contributed by atoms with Crippen LogP contribution in [-0.2, 0) is 6.18 Å². The van der Waals surface area contributed by atoms with Gasteiger partial charge in [-0.25, -0.2) is 15.0 Å². The van der Waals surface area contributed by atoms with Gasteiger partial charge in [0.15, 0.2) is 11.5 Å². The van der Waals surface area contributed by atoms with E-state index < -0.39 is 23.8 Å². The van der Waals surface area contributed by atoms with E-state index >= 15 is 0 Å². The molecule has 40 heavy (non-hydrogen) atoms. The second kappa shape index (κ2) is 12.0. The van der Waals surface area contributed by atoms with Gasteiger partial charge in [0.2, 0.25) is 17.7 Å². The molecule has 0 spiro atoms. The van der Waals surface area contributed by atoms with Gasteiger partial charge in [-0.2, -0.15) is 18.2 Å². The van der Waals surface area contributed by atoms with Crippen molar-refractivity contribution >= 4 is 22.8 Å². The van der Waals surface area contributed by atoms with E-state index in [0.29, 0.717) is 17.4 Å². The number of ether oxygens (including phenoxy) is 2. The molecule has 1 atom stereocenters. The molecule has 11 nitrogen and oxygen atoms in total. The highest BCUT2D eigenvalue weighted by atomic mass is 19.4. The zero-order valence-corrected chi connectivity index (χ0v) is 21.7. The van der Waals surface area contributed by atoms with Crippen molar-refractivity contribution in [2.45, 2.75) is 19.1 Å². The molecule has 0 fully saturated rings. The number of oxazole rings is 1. The van der Waals surface area contributed by atoms with Crippen molar-refractivity contribution in [2.75, 3.05) is 32.6 Å². The number of anilines is 1. The number of pyridine rings is 1. The van der Waals surface area contributed by atoms with Crippen molar-refractivity contribution in [1.29, 1.82) is 0 Å². The Morgan fingerprint density at radius 1 is 1.10 bits per heavy atom. The van der Waals surface area contributed by atoms with Crippen LogP contribution in [0.15, 0.2) is 53.1 Å². The number of carbonyl (C=O) groups is 1. The molecular weight excluding hydrogens is 531 g/mol. The van der Waals surface area contributed by atoms with Gasteiger partial charge in [0.25, 0.3) is 5.91 Å². The number of amides is 1. The van der Waals surface area contributed by atoms with Gasteiger partial charge in [-0.05, 0) is 31.2 Å². The largest absolute Gasteiger partial charge is 0.494 e. The Bertz CT molecular complexity index is 1540. The molecule has 4 rings (SSSR count). The number of allylic oxidation sites excluding steroid dienone is 1. The molecule has 0 saturated heterocycles. The quantitative estimate of drug-likeness (QED) is 0.192. The van der Waals surface area contributed by atoms with Crippen molar-refractivity contribution < 1.29 is 31.9 Å². The zero-order valence-electron chi connectivity index (χ0n) is 21.7. The van der Waals surface area contributed by atoms with Gasteiger partial charge in [0.1, 0.15) is 17.0 Å². The van der Waals surface area contributed by atoms with Crippen molar-refractivity contribution in [3.63, 3.8) is 0 Å². The van der Waals surface area contributed by atoms with Gasteiger partial charge < -0.3 is 30.3 Å². The summed E-state index contributed by atoms with van der Waals surface area (Å²) in [5, 5.41) is 5.98. The van der Waals surface area contributed by atoms with Crippen LogP contribution in [0.1, 0.15) is 34.9 Å². The third-order valence-electron chi connectivity index (χ3n) is 5.66. The number of halogens is 3. The van der Waals surface area contributed by atoms with E-state index in [1.807, 2.05) is 0 Å². The molecule has 3 heterocycles. The fraction of sp³-hybridized carbons (Fsp3) is 0.269. The summed E-state index contributed by atoms with van der Waals surface area (Å²) in [5.41, 5.74) is 5.35. The lowest BCUT2D eigenvalue weighted by molar-refractivity contribution is -0.140. The fourth-order valence-corrected chi connectivity index (χ4v) is 3.81. The zero-order chi connectivity index (χ0) is 28.9. The van der Waals surface area contributed by atoms with E-state index in [9.17, 15) is 18.0 Å². The number of rotatable bonds is 10. The number of nitrogens with zero attached hydrogens (tertiary/aromatic N) is 4. The number of hydrogen-bond acceptors (Lipinski definition) is 10. The van der Waals surface area contributed by atoms with Crippen molar-refractivity contribution in [2.24, 2.45) is 5.73 Å². The van der Waals surface area contributed by atoms with E-state index in [2.05, 4.69) is 30.6 Å². The highest BCUT2D eigenvalue weighted by Crippen LogP contribution is 2.37. The van der Waals surface area contributed by atoms with Crippen LogP contribution < -0.4 is 25.8 Å². The number of carbonyl (C=O) groups excluding carboxylic acids is 1. The van der Waals surface area contributed by atoms with Crippen LogP contribution in [0, 0.1) is 0 Å². The molecule has 0 bridgehead atoms. The van der Waals surface area contributed by atoms with Crippen LogP contribution in [0.2, 0.25) is 0 Å². The number of fused-ring (bicyclic) bond motifs is 1. The molecule has 210 valence electrons. The van der Waals surface area contributed by atoms with Crippen molar-refractivity contribution in [1.82, 2.24) is 25.3 Å². The molecule has 0 saturated carbocycles.